The Balaban J connectivity index is 1.73. The zero-order valence-corrected chi connectivity index (χ0v) is 16.2. The number of fused-ring (bicyclic) bond motifs is 1. The van der Waals surface area contributed by atoms with E-state index in [0.717, 1.165) is 0 Å². The van der Waals surface area contributed by atoms with Crippen LogP contribution in [0.15, 0.2) is 47.4 Å². The highest BCUT2D eigenvalue weighted by Crippen LogP contribution is 2.32. The van der Waals surface area contributed by atoms with Crippen LogP contribution in [0.2, 0.25) is 0 Å². The molecule has 0 radical (unpaired) electrons. The zero-order chi connectivity index (χ0) is 20.3. The van der Waals surface area contributed by atoms with E-state index in [-0.39, 0.29) is 22.9 Å². The van der Waals surface area contributed by atoms with Crippen molar-refractivity contribution in [2.75, 3.05) is 12.4 Å². The lowest BCUT2D eigenvalue weighted by atomic mass is 10.1. The first-order chi connectivity index (χ1) is 13.3. The second-order valence-electron chi connectivity index (χ2n) is 6.22. The van der Waals surface area contributed by atoms with Crippen LogP contribution in [0.4, 0.5) is 5.69 Å². The fourth-order valence-corrected chi connectivity index (χ4v) is 3.75. The first-order valence-electron chi connectivity index (χ1n) is 8.62. The van der Waals surface area contributed by atoms with E-state index in [1.807, 2.05) is 11.6 Å². The SMILES string of the molecule is CC[C@H]1Oc2ccc(S(=O)(=O)NC(=O)Cc3ccc(OC)cc3)cc2NC1=O. The van der Waals surface area contributed by atoms with Gasteiger partial charge in [-0.05, 0) is 42.3 Å². The van der Waals surface area contributed by atoms with Crippen molar-refractivity contribution in [3.63, 3.8) is 0 Å². The molecular formula is C19H20N2O6S. The lowest BCUT2D eigenvalue weighted by Gasteiger charge is -2.25. The Morgan fingerprint density at radius 3 is 2.57 bits per heavy atom. The number of amides is 2. The molecule has 0 spiro atoms. The van der Waals surface area contributed by atoms with Crippen molar-refractivity contribution in [3.8, 4) is 11.5 Å². The number of rotatable bonds is 6. The molecule has 28 heavy (non-hydrogen) atoms. The highest BCUT2D eigenvalue weighted by Gasteiger charge is 2.28. The van der Waals surface area contributed by atoms with Gasteiger partial charge in [0.25, 0.3) is 15.9 Å². The van der Waals surface area contributed by atoms with Crippen LogP contribution in [0.25, 0.3) is 0 Å². The molecule has 1 aliphatic rings. The van der Waals surface area contributed by atoms with Gasteiger partial charge < -0.3 is 14.8 Å². The zero-order valence-electron chi connectivity index (χ0n) is 15.4. The van der Waals surface area contributed by atoms with Gasteiger partial charge in [0.15, 0.2) is 6.10 Å². The standard InChI is InChI=1S/C19H20N2O6S/c1-3-16-19(23)20-15-11-14(8-9-17(15)27-16)28(24,25)21-18(22)10-12-4-6-13(26-2)7-5-12/h4-9,11,16H,3,10H2,1-2H3,(H,20,23)(H,21,22)/t16-/m1/s1. The Labute approximate surface area is 162 Å². The average Bonchev–Trinajstić information content (AvgIpc) is 2.67. The van der Waals surface area contributed by atoms with Gasteiger partial charge in [0.2, 0.25) is 5.91 Å². The molecule has 1 atom stereocenters. The number of anilines is 1. The van der Waals surface area contributed by atoms with Gasteiger partial charge in [-0.1, -0.05) is 19.1 Å². The predicted molar refractivity (Wildman–Crippen MR) is 102 cm³/mol. The van der Waals surface area contributed by atoms with Gasteiger partial charge in [-0.3, -0.25) is 9.59 Å². The molecule has 2 aromatic carbocycles. The topological polar surface area (TPSA) is 111 Å². The number of sulfonamides is 1. The van der Waals surface area contributed by atoms with Crippen molar-refractivity contribution in [2.24, 2.45) is 0 Å². The summed E-state index contributed by atoms with van der Waals surface area (Å²) in [4.78, 5) is 23.9. The first-order valence-corrected chi connectivity index (χ1v) is 10.1. The molecule has 3 rings (SSSR count). The summed E-state index contributed by atoms with van der Waals surface area (Å²) in [7, 11) is -2.56. The van der Waals surface area contributed by atoms with Gasteiger partial charge in [0.05, 0.1) is 24.1 Å². The molecule has 0 bridgehead atoms. The van der Waals surface area contributed by atoms with Crippen molar-refractivity contribution in [3.05, 3.63) is 48.0 Å². The van der Waals surface area contributed by atoms with E-state index in [1.165, 1.54) is 25.3 Å². The van der Waals surface area contributed by atoms with Crippen molar-refractivity contribution in [1.82, 2.24) is 4.72 Å². The molecule has 1 heterocycles. The van der Waals surface area contributed by atoms with E-state index in [1.54, 1.807) is 24.3 Å². The van der Waals surface area contributed by atoms with Crippen LogP contribution < -0.4 is 19.5 Å². The molecule has 0 saturated heterocycles. The number of benzene rings is 2. The second-order valence-corrected chi connectivity index (χ2v) is 7.90. The van der Waals surface area contributed by atoms with Gasteiger partial charge in [0.1, 0.15) is 11.5 Å². The van der Waals surface area contributed by atoms with Gasteiger partial charge >= 0.3 is 0 Å². The maximum absolute atomic E-state index is 12.5. The third-order valence-corrected chi connectivity index (χ3v) is 5.59. The highest BCUT2D eigenvalue weighted by atomic mass is 32.2. The molecule has 148 valence electrons. The Morgan fingerprint density at radius 1 is 1.21 bits per heavy atom. The molecule has 9 heteroatoms. The average molecular weight is 404 g/mol. The van der Waals surface area contributed by atoms with Gasteiger partial charge in [-0.15, -0.1) is 0 Å². The number of nitrogens with one attached hydrogen (secondary N) is 2. The van der Waals surface area contributed by atoms with Crippen molar-refractivity contribution < 1.29 is 27.5 Å². The largest absolute Gasteiger partial charge is 0.497 e. The Bertz CT molecular complexity index is 1000. The molecule has 2 amide bonds. The molecule has 0 saturated carbocycles. The minimum Gasteiger partial charge on any atom is -0.497 e. The summed E-state index contributed by atoms with van der Waals surface area (Å²) in [5.41, 5.74) is 0.894. The summed E-state index contributed by atoms with van der Waals surface area (Å²) in [6.45, 7) is 1.81. The third kappa shape index (κ3) is 4.25. The lowest BCUT2D eigenvalue weighted by Crippen LogP contribution is -2.36. The van der Waals surface area contributed by atoms with Crippen molar-refractivity contribution >= 4 is 27.5 Å². The normalized spacial score (nSPS) is 15.8. The quantitative estimate of drug-likeness (QED) is 0.760. The number of carbonyl (C=O) groups is 2. The lowest BCUT2D eigenvalue weighted by molar-refractivity contribution is -0.123. The molecule has 2 aromatic rings. The number of hydrogen-bond acceptors (Lipinski definition) is 6. The van der Waals surface area contributed by atoms with E-state index in [2.05, 4.69) is 5.32 Å². The van der Waals surface area contributed by atoms with Gasteiger partial charge in [0, 0.05) is 0 Å². The summed E-state index contributed by atoms with van der Waals surface area (Å²) in [5, 5.41) is 2.62. The van der Waals surface area contributed by atoms with Crippen LogP contribution in [0.1, 0.15) is 18.9 Å². The molecule has 0 aliphatic carbocycles. The van der Waals surface area contributed by atoms with E-state index in [0.29, 0.717) is 23.5 Å². The summed E-state index contributed by atoms with van der Waals surface area (Å²) in [6, 6.07) is 10.8. The van der Waals surface area contributed by atoms with Crippen LogP contribution in [0.3, 0.4) is 0 Å². The number of methoxy groups -OCH3 is 1. The first kappa shape index (κ1) is 19.7. The number of carbonyl (C=O) groups excluding carboxylic acids is 2. The fraction of sp³-hybridized carbons (Fsp3) is 0.263. The van der Waals surface area contributed by atoms with E-state index >= 15 is 0 Å². The molecule has 8 nitrogen and oxygen atoms in total. The third-order valence-electron chi connectivity index (χ3n) is 4.22. The summed E-state index contributed by atoms with van der Waals surface area (Å²) in [5.74, 6) is 0.0117. The van der Waals surface area contributed by atoms with Crippen molar-refractivity contribution in [2.45, 2.75) is 30.8 Å². The Morgan fingerprint density at radius 2 is 1.93 bits per heavy atom. The molecule has 2 N–H and O–H groups in total. The smallest absolute Gasteiger partial charge is 0.265 e. The maximum atomic E-state index is 12.5. The molecule has 1 aliphatic heterocycles. The van der Waals surface area contributed by atoms with E-state index in [9.17, 15) is 18.0 Å². The predicted octanol–water partition coefficient (Wildman–Crippen LogP) is 1.85. The van der Waals surface area contributed by atoms with Crippen LogP contribution in [0, 0.1) is 0 Å². The van der Waals surface area contributed by atoms with E-state index < -0.39 is 22.0 Å². The molecule has 0 unspecified atom stereocenters. The molecule has 0 fully saturated rings. The van der Waals surface area contributed by atoms with Gasteiger partial charge in [-0.25, -0.2) is 13.1 Å². The minimum absolute atomic E-state index is 0.105. The highest BCUT2D eigenvalue weighted by molar-refractivity contribution is 7.90. The summed E-state index contributed by atoms with van der Waals surface area (Å²) < 4.78 is 37.6. The number of hydrogen-bond donors (Lipinski definition) is 2. The maximum Gasteiger partial charge on any atom is 0.265 e. The fourth-order valence-electron chi connectivity index (χ4n) is 2.74. The van der Waals surface area contributed by atoms with Crippen LogP contribution >= 0.6 is 0 Å². The Hall–Kier alpha value is -3.07. The second kappa shape index (κ2) is 7.89. The van der Waals surface area contributed by atoms with Crippen molar-refractivity contribution in [1.29, 1.82) is 0 Å². The minimum atomic E-state index is -4.09. The summed E-state index contributed by atoms with van der Waals surface area (Å²) >= 11 is 0. The van der Waals surface area contributed by atoms with Gasteiger partial charge in [-0.2, -0.15) is 0 Å². The van der Waals surface area contributed by atoms with Crippen LogP contribution in [-0.2, 0) is 26.0 Å². The summed E-state index contributed by atoms with van der Waals surface area (Å²) in [6.07, 6.45) is -0.224. The van der Waals surface area contributed by atoms with Crippen LogP contribution in [-0.4, -0.2) is 33.4 Å². The Kier molecular flexibility index (Phi) is 5.55. The van der Waals surface area contributed by atoms with E-state index in [4.69, 9.17) is 9.47 Å². The molecular weight excluding hydrogens is 384 g/mol. The molecule has 0 aromatic heterocycles. The number of ether oxygens (including phenoxy) is 2. The van der Waals surface area contributed by atoms with Crippen LogP contribution in [0.5, 0.6) is 11.5 Å². The monoisotopic (exact) mass is 404 g/mol.